The summed E-state index contributed by atoms with van der Waals surface area (Å²) in [4.78, 5) is 34.4. The van der Waals surface area contributed by atoms with Crippen molar-refractivity contribution in [1.82, 2.24) is 14.8 Å². The van der Waals surface area contributed by atoms with Crippen LogP contribution in [0.2, 0.25) is 0 Å². The van der Waals surface area contributed by atoms with Gasteiger partial charge in [-0.15, -0.1) is 11.3 Å². The van der Waals surface area contributed by atoms with Gasteiger partial charge < -0.3 is 14.5 Å². The Labute approximate surface area is 192 Å². The summed E-state index contributed by atoms with van der Waals surface area (Å²) in [5, 5.41) is 2.60. The van der Waals surface area contributed by atoms with Gasteiger partial charge in [0.2, 0.25) is 5.91 Å². The fourth-order valence-electron chi connectivity index (χ4n) is 3.89. The van der Waals surface area contributed by atoms with Crippen LogP contribution in [0.25, 0.3) is 10.6 Å². The third-order valence-electron chi connectivity index (χ3n) is 5.94. The van der Waals surface area contributed by atoms with E-state index < -0.39 is 5.41 Å². The van der Waals surface area contributed by atoms with Gasteiger partial charge in [0.15, 0.2) is 0 Å². The van der Waals surface area contributed by atoms with Crippen LogP contribution in [0.1, 0.15) is 29.9 Å². The van der Waals surface area contributed by atoms with E-state index in [0.29, 0.717) is 31.9 Å². The molecule has 32 heavy (non-hydrogen) atoms. The number of hydrogen-bond acceptors (Lipinski definition) is 5. The van der Waals surface area contributed by atoms with Crippen molar-refractivity contribution in [2.24, 2.45) is 0 Å². The molecule has 0 bridgehead atoms. The van der Waals surface area contributed by atoms with Crippen molar-refractivity contribution in [3.63, 3.8) is 0 Å². The van der Waals surface area contributed by atoms with Crippen LogP contribution in [0.5, 0.6) is 5.75 Å². The molecule has 0 radical (unpaired) electrons. The summed E-state index contributed by atoms with van der Waals surface area (Å²) in [7, 11) is 1.63. The highest BCUT2D eigenvalue weighted by Crippen LogP contribution is 2.28. The molecule has 0 N–H and O–H groups in total. The highest BCUT2D eigenvalue weighted by molar-refractivity contribution is 7.13. The Morgan fingerprint density at radius 3 is 2.19 bits per heavy atom. The van der Waals surface area contributed by atoms with Crippen molar-refractivity contribution >= 4 is 23.2 Å². The molecule has 166 valence electrons. The fourth-order valence-corrected chi connectivity index (χ4v) is 4.69. The van der Waals surface area contributed by atoms with E-state index in [2.05, 4.69) is 4.98 Å². The minimum absolute atomic E-state index is 0.0876. The standard InChI is InChI=1S/C25H27N3O3S/c1-25(2,19-7-5-4-6-8-19)24(30)28-15-13-27(14-16-28)23(29)21-17-32-22(26-21)18-9-11-20(31-3)12-10-18/h4-12,17H,13-16H2,1-3H3. The second kappa shape index (κ2) is 9.12. The number of methoxy groups -OCH3 is 1. The number of piperazine rings is 1. The van der Waals surface area contributed by atoms with Gasteiger partial charge in [-0.25, -0.2) is 4.98 Å². The lowest BCUT2D eigenvalue weighted by Gasteiger charge is -2.38. The van der Waals surface area contributed by atoms with Crippen molar-refractivity contribution in [3.05, 3.63) is 71.2 Å². The van der Waals surface area contributed by atoms with Crippen LogP contribution < -0.4 is 4.74 Å². The van der Waals surface area contributed by atoms with Crippen LogP contribution in [0.15, 0.2) is 60.0 Å². The van der Waals surface area contributed by atoms with Gasteiger partial charge in [0, 0.05) is 37.1 Å². The molecule has 6 nitrogen and oxygen atoms in total. The summed E-state index contributed by atoms with van der Waals surface area (Å²) in [6.07, 6.45) is 0. The van der Waals surface area contributed by atoms with Crippen molar-refractivity contribution in [2.75, 3.05) is 33.3 Å². The van der Waals surface area contributed by atoms with Crippen LogP contribution in [0.4, 0.5) is 0 Å². The molecular formula is C25H27N3O3S. The molecule has 1 aliphatic rings. The van der Waals surface area contributed by atoms with Gasteiger partial charge in [-0.2, -0.15) is 0 Å². The van der Waals surface area contributed by atoms with Crippen molar-refractivity contribution in [1.29, 1.82) is 0 Å². The third kappa shape index (κ3) is 4.39. The van der Waals surface area contributed by atoms with Gasteiger partial charge in [0.05, 0.1) is 12.5 Å². The highest BCUT2D eigenvalue weighted by atomic mass is 32.1. The minimum Gasteiger partial charge on any atom is -0.497 e. The lowest BCUT2D eigenvalue weighted by atomic mass is 9.83. The zero-order valence-corrected chi connectivity index (χ0v) is 19.4. The molecule has 4 rings (SSSR count). The van der Waals surface area contributed by atoms with Crippen LogP contribution in [-0.2, 0) is 10.2 Å². The number of hydrogen-bond donors (Lipinski definition) is 0. The fraction of sp³-hybridized carbons (Fsp3) is 0.320. The Morgan fingerprint density at radius 1 is 0.938 bits per heavy atom. The van der Waals surface area contributed by atoms with Gasteiger partial charge in [0.25, 0.3) is 5.91 Å². The van der Waals surface area contributed by atoms with Crippen molar-refractivity contribution < 1.29 is 14.3 Å². The second-order valence-corrected chi connectivity index (χ2v) is 9.20. The third-order valence-corrected chi connectivity index (χ3v) is 6.84. The minimum atomic E-state index is -0.602. The van der Waals surface area contributed by atoms with Crippen molar-refractivity contribution in [2.45, 2.75) is 19.3 Å². The van der Waals surface area contributed by atoms with Gasteiger partial charge >= 0.3 is 0 Å². The number of amides is 2. The molecule has 1 fully saturated rings. The molecule has 7 heteroatoms. The zero-order chi connectivity index (χ0) is 22.7. The summed E-state index contributed by atoms with van der Waals surface area (Å²) in [5.74, 6) is 0.783. The number of rotatable bonds is 5. The normalized spacial score (nSPS) is 14.3. The predicted molar refractivity (Wildman–Crippen MR) is 126 cm³/mol. The SMILES string of the molecule is COc1ccc(-c2nc(C(=O)N3CCN(C(=O)C(C)(C)c4ccccc4)CC3)cs2)cc1. The Balaban J connectivity index is 1.38. The molecule has 0 unspecified atom stereocenters. The van der Waals surface area contributed by atoms with Crippen LogP contribution in [0.3, 0.4) is 0 Å². The number of aromatic nitrogens is 1. The quantitative estimate of drug-likeness (QED) is 0.589. The molecule has 0 saturated carbocycles. The summed E-state index contributed by atoms with van der Waals surface area (Å²) < 4.78 is 5.19. The predicted octanol–water partition coefficient (Wildman–Crippen LogP) is 4.08. The number of nitrogens with zero attached hydrogens (tertiary/aromatic N) is 3. The van der Waals surface area contributed by atoms with Gasteiger partial charge in [-0.05, 0) is 43.7 Å². The van der Waals surface area contributed by atoms with E-state index in [-0.39, 0.29) is 11.8 Å². The molecule has 2 amide bonds. The highest BCUT2D eigenvalue weighted by Gasteiger charge is 2.36. The Kier molecular flexibility index (Phi) is 6.28. The zero-order valence-electron chi connectivity index (χ0n) is 18.6. The average molecular weight is 450 g/mol. The summed E-state index contributed by atoms with van der Waals surface area (Å²) in [5.41, 5.74) is 1.80. The van der Waals surface area contributed by atoms with Crippen LogP contribution >= 0.6 is 11.3 Å². The summed E-state index contributed by atoms with van der Waals surface area (Å²) in [6.45, 7) is 5.97. The van der Waals surface area contributed by atoms with Gasteiger partial charge in [-0.1, -0.05) is 30.3 Å². The maximum Gasteiger partial charge on any atom is 0.273 e. The Morgan fingerprint density at radius 2 is 1.56 bits per heavy atom. The number of carbonyl (C=O) groups excluding carboxylic acids is 2. The maximum atomic E-state index is 13.2. The first-order valence-corrected chi connectivity index (χ1v) is 11.5. The first-order valence-electron chi connectivity index (χ1n) is 10.6. The number of ether oxygens (including phenoxy) is 1. The number of carbonyl (C=O) groups is 2. The first kappa shape index (κ1) is 22.0. The molecule has 0 spiro atoms. The van der Waals surface area contributed by atoms with E-state index in [1.165, 1.54) is 11.3 Å². The van der Waals surface area contributed by atoms with E-state index in [4.69, 9.17) is 4.74 Å². The van der Waals surface area contributed by atoms with Crippen LogP contribution in [0, 0.1) is 0 Å². The molecule has 2 aromatic carbocycles. The average Bonchev–Trinajstić information content (AvgIpc) is 3.34. The molecular weight excluding hydrogens is 422 g/mol. The monoisotopic (exact) mass is 449 g/mol. The van der Waals surface area contributed by atoms with Gasteiger partial charge in [0.1, 0.15) is 16.5 Å². The largest absolute Gasteiger partial charge is 0.497 e. The van der Waals surface area contributed by atoms with E-state index in [0.717, 1.165) is 21.9 Å². The van der Waals surface area contributed by atoms with E-state index in [1.54, 1.807) is 17.4 Å². The molecule has 2 heterocycles. The molecule has 0 aliphatic carbocycles. The summed E-state index contributed by atoms with van der Waals surface area (Å²) in [6, 6.07) is 17.5. The van der Waals surface area contributed by atoms with Crippen LogP contribution in [-0.4, -0.2) is 59.9 Å². The smallest absolute Gasteiger partial charge is 0.273 e. The topological polar surface area (TPSA) is 62.7 Å². The molecule has 0 atom stereocenters. The first-order chi connectivity index (χ1) is 15.4. The van der Waals surface area contributed by atoms with Crippen molar-refractivity contribution in [3.8, 4) is 16.3 Å². The second-order valence-electron chi connectivity index (χ2n) is 8.34. The summed E-state index contributed by atoms with van der Waals surface area (Å²) >= 11 is 1.45. The van der Waals surface area contributed by atoms with E-state index in [1.807, 2.05) is 73.3 Å². The lowest BCUT2D eigenvalue weighted by Crippen LogP contribution is -2.54. The van der Waals surface area contributed by atoms with E-state index >= 15 is 0 Å². The number of benzene rings is 2. The molecule has 1 saturated heterocycles. The molecule has 3 aromatic rings. The molecule has 1 aromatic heterocycles. The van der Waals surface area contributed by atoms with Gasteiger partial charge in [-0.3, -0.25) is 9.59 Å². The Bertz CT molecular complexity index is 1090. The number of thiazole rings is 1. The molecule has 1 aliphatic heterocycles. The van der Waals surface area contributed by atoms with E-state index in [9.17, 15) is 9.59 Å². The lowest BCUT2D eigenvalue weighted by molar-refractivity contribution is -0.137. The Hall–Kier alpha value is -3.19. The maximum absolute atomic E-state index is 13.2.